The number of imidazole rings is 1. The molecule has 3 atom stereocenters. The van der Waals surface area contributed by atoms with E-state index in [4.69, 9.17) is 19.9 Å². The number of anilines is 1. The summed E-state index contributed by atoms with van der Waals surface area (Å²) in [5.74, 6) is 0.305. The van der Waals surface area contributed by atoms with Gasteiger partial charge in [0, 0.05) is 13.2 Å². The van der Waals surface area contributed by atoms with E-state index in [1.165, 1.54) is 6.33 Å². The van der Waals surface area contributed by atoms with Gasteiger partial charge in [0.25, 0.3) is 7.52 Å². The Labute approximate surface area is 169 Å². The summed E-state index contributed by atoms with van der Waals surface area (Å²) in [5, 5.41) is 2.77. The Hall–Kier alpha value is -1.62. The summed E-state index contributed by atoms with van der Waals surface area (Å²) in [6.07, 6.45) is 4.18. The first-order valence-corrected chi connectivity index (χ1v) is 11.6. The average molecular weight is 428 g/mol. The monoisotopic (exact) mass is 428 g/mol. The molecule has 4 N–H and O–H groups in total. The molecule has 3 heterocycles. The molecule has 0 saturated carbocycles. The minimum absolute atomic E-state index is 0.305. The fraction of sp³-hybridized carbons (Fsp3) is 0.706. The Bertz CT molecular complexity index is 841. The third-order valence-electron chi connectivity index (χ3n) is 4.66. The predicted octanol–water partition coefficient (Wildman–Crippen LogP) is 1.48. The van der Waals surface area contributed by atoms with Gasteiger partial charge in [-0.2, -0.15) is 0 Å². The lowest BCUT2D eigenvalue weighted by molar-refractivity contribution is -0.142. The third-order valence-corrected chi connectivity index (χ3v) is 5.89. The largest absolute Gasteiger partial charge is 0.382 e. The van der Waals surface area contributed by atoms with Crippen LogP contribution in [0.4, 0.5) is 5.82 Å². The Kier molecular flexibility index (Phi) is 7.55. The number of nitrogens with two attached hydrogens (primary N) is 1. The molecule has 11 nitrogen and oxygen atoms in total. The molecule has 1 aliphatic rings. The number of nitrogen functional groups attached to an aromatic ring is 1. The predicted molar refractivity (Wildman–Crippen MR) is 107 cm³/mol. The van der Waals surface area contributed by atoms with Crippen molar-refractivity contribution in [2.24, 2.45) is 0 Å². The van der Waals surface area contributed by atoms with E-state index in [1.807, 2.05) is 13.8 Å². The van der Waals surface area contributed by atoms with Crippen LogP contribution in [0.1, 0.15) is 33.1 Å². The zero-order chi connectivity index (χ0) is 20.9. The molecular weight excluding hydrogens is 399 g/mol. The normalized spacial score (nSPS) is 20.2. The summed E-state index contributed by atoms with van der Waals surface area (Å²) in [7, 11) is -3.75. The van der Waals surface area contributed by atoms with Gasteiger partial charge in [0.15, 0.2) is 17.8 Å². The molecule has 2 aromatic heterocycles. The number of hydrogen-bond donors (Lipinski definition) is 3. The lowest BCUT2D eigenvalue weighted by atomic mass is 10.2. The van der Waals surface area contributed by atoms with Crippen molar-refractivity contribution in [2.45, 2.75) is 58.1 Å². The molecule has 12 heteroatoms. The van der Waals surface area contributed by atoms with Gasteiger partial charge in [0.2, 0.25) is 0 Å². The molecule has 0 aromatic carbocycles. The second kappa shape index (κ2) is 9.92. The van der Waals surface area contributed by atoms with Crippen LogP contribution in [0.25, 0.3) is 11.2 Å². The highest BCUT2D eigenvalue weighted by Gasteiger charge is 2.30. The maximum atomic E-state index is 12.6. The van der Waals surface area contributed by atoms with Crippen LogP contribution in [0.5, 0.6) is 0 Å². The van der Waals surface area contributed by atoms with E-state index < -0.39 is 13.8 Å². The lowest BCUT2D eigenvalue weighted by Crippen LogP contribution is -2.41. The molecule has 1 saturated heterocycles. The molecule has 0 radical (unpaired) electrons. The zero-order valence-electron chi connectivity index (χ0n) is 16.7. The van der Waals surface area contributed by atoms with E-state index >= 15 is 0 Å². The standard InChI is InChI=1S/C17H29N6O5P/c1-3-13(17-26-6-4-5-7-27-17)22-29(24,25)11-28-12(2)8-23-10-21-14-15(18)19-9-20-16(14)23/h9-10,12-13,17H,3-8,11H2,1-2H3,(H2,18,19,20)(H2,22,24,25)/t12-,13+/m1/s1. The van der Waals surface area contributed by atoms with Crippen molar-refractivity contribution in [3.05, 3.63) is 12.7 Å². The second-order valence-corrected chi connectivity index (χ2v) is 9.02. The molecule has 0 bridgehead atoms. The molecule has 1 aliphatic heterocycles. The quantitative estimate of drug-likeness (QED) is 0.502. The number of rotatable bonds is 9. The van der Waals surface area contributed by atoms with E-state index in [2.05, 4.69) is 20.0 Å². The van der Waals surface area contributed by atoms with Gasteiger partial charge in [-0.05, 0) is 26.2 Å². The van der Waals surface area contributed by atoms with E-state index in [0.717, 1.165) is 12.8 Å². The van der Waals surface area contributed by atoms with Gasteiger partial charge in [-0.15, -0.1) is 0 Å². The third kappa shape index (κ3) is 5.94. The Morgan fingerprint density at radius 3 is 2.79 bits per heavy atom. The van der Waals surface area contributed by atoms with Crippen molar-refractivity contribution in [1.29, 1.82) is 0 Å². The van der Waals surface area contributed by atoms with Gasteiger partial charge >= 0.3 is 0 Å². The van der Waals surface area contributed by atoms with E-state index in [-0.39, 0.29) is 18.5 Å². The summed E-state index contributed by atoms with van der Waals surface area (Å²) >= 11 is 0. The Morgan fingerprint density at radius 2 is 2.10 bits per heavy atom. The topological polar surface area (TPSA) is 147 Å². The van der Waals surface area contributed by atoms with Crippen molar-refractivity contribution in [1.82, 2.24) is 24.6 Å². The molecule has 3 rings (SSSR count). The van der Waals surface area contributed by atoms with Crippen molar-refractivity contribution in [2.75, 3.05) is 25.3 Å². The highest BCUT2D eigenvalue weighted by atomic mass is 31.2. The van der Waals surface area contributed by atoms with Gasteiger partial charge in [-0.1, -0.05) is 6.92 Å². The van der Waals surface area contributed by atoms with Crippen molar-refractivity contribution < 1.29 is 23.7 Å². The van der Waals surface area contributed by atoms with Gasteiger partial charge < -0.3 is 29.4 Å². The maximum Gasteiger partial charge on any atom is 0.292 e. The van der Waals surface area contributed by atoms with Crippen LogP contribution >= 0.6 is 7.52 Å². The van der Waals surface area contributed by atoms with Crippen molar-refractivity contribution >= 4 is 24.5 Å². The minimum Gasteiger partial charge on any atom is -0.382 e. The lowest BCUT2D eigenvalue weighted by Gasteiger charge is -2.28. The number of nitrogens with one attached hydrogen (secondary N) is 1. The molecular formula is C17H29N6O5P. The summed E-state index contributed by atoms with van der Waals surface area (Å²) in [4.78, 5) is 22.6. The molecule has 0 spiro atoms. The van der Waals surface area contributed by atoms with E-state index in [1.54, 1.807) is 10.9 Å². The van der Waals surface area contributed by atoms with Crippen molar-refractivity contribution in [3.63, 3.8) is 0 Å². The fourth-order valence-corrected chi connectivity index (χ4v) is 4.47. The van der Waals surface area contributed by atoms with E-state index in [9.17, 15) is 9.46 Å². The first-order valence-electron chi connectivity index (χ1n) is 9.75. The summed E-state index contributed by atoms with van der Waals surface area (Å²) in [6.45, 7) is 5.29. The van der Waals surface area contributed by atoms with Crippen LogP contribution in [0.15, 0.2) is 12.7 Å². The van der Waals surface area contributed by atoms with Crippen LogP contribution in [0.2, 0.25) is 0 Å². The van der Waals surface area contributed by atoms with E-state index in [0.29, 0.717) is 43.2 Å². The van der Waals surface area contributed by atoms with Gasteiger partial charge in [0.05, 0.1) is 25.0 Å². The molecule has 0 amide bonds. The van der Waals surface area contributed by atoms with Crippen LogP contribution in [-0.4, -0.2) is 62.4 Å². The molecule has 1 unspecified atom stereocenters. The summed E-state index contributed by atoms with van der Waals surface area (Å²) in [6, 6.07) is -0.389. The Balaban J connectivity index is 1.54. The average Bonchev–Trinajstić information content (AvgIpc) is 2.91. The smallest absolute Gasteiger partial charge is 0.292 e. The Morgan fingerprint density at radius 1 is 1.38 bits per heavy atom. The van der Waals surface area contributed by atoms with Gasteiger partial charge in [-0.25, -0.2) is 20.0 Å². The first kappa shape index (κ1) is 22.1. The number of nitrogens with zero attached hydrogens (tertiary/aromatic N) is 4. The minimum atomic E-state index is -3.75. The van der Waals surface area contributed by atoms with Gasteiger partial charge in [-0.3, -0.25) is 4.57 Å². The van der Waals surface area contributed by atoms with Crippen LogP contribution in [0.3, 0.4) is 0 Å². The summed E-state index contributed by atoms with van der Waals surface area (Å²) < 4.78 is 31.4. The first-order chi connectivity index (χ1) is 13.9. The number of aromatic nitrogens is 4. The van der Waals surface area contributed by atoms with Crippen LogP contribution in [0, 0.1) is 0 Å². The molecule has 29 heavy (non-hydrogen) atoms. The van der Waals surface area contributed by atoms with Crippen LogP contribution < -0.4 is 10.8 Å². The number of ether oxygens (including phenoxy) is 3. The molecule has 2 aromatic rings. The zero-order valence-corrected chi connectivity index (χ0v) is 17.6. The fourth-order valence-electron chi connectivity index (χ4n) is 3.11. The number of hydrogen-bond acceptors (Lipinski definition) is 8. The second-order valence-electron chi connectivity index (χ2n) is 7.10. The van der Waals surface area contributed by atoms with Crippen molar-refractivity contribution in [3.8, 4) is 0 Å². The molecule has 162 valence electrons. The summed E-state index contributed by atoms with van der Waals surface area (Å²) in [5.41, 5.74) is 6.90. The maximum absolute atomic E-state index is 12.6. The number of fused-ring (bicyclic) bond motifs is 1. The highest BCUT2D eigenvalue weighted by Crippen LogP contribution is 2.37. The SMILES string of the molecule is CC[C@H](NP(=O)(O)CO[C@H](C)Cn1cnc2c(N)ncnc21)C1OCCCCO1. The molecule has 1 fully saturated rings. The highest BCUT2D eigenvalue weighted by molar-refractivity contribution is 7.55. The molecule has 0 aliphatic carbocycles. The van der Waals surface area contributed by atoms with Crippen LogP contribution in [-0.2, 0) is 25.3 Å². The van der Waals surface area contributed by atoms with Gasteiger partial charge in [0.1, 0.15) is 18.2 Å².